The maximum atomic E-state index is 14.0. The highest BCUT2D eigenvalue weighted by molar-refractivity contribution is 5.92. The van der Waals surface area contributed by atoms with Crippen molar-refractivity contribution in [2.45, 2.75) is 62.9 Å². The lowest BCUT2D eigenvalue weighted by molar-refractivity contribution is -0.939. The lowest BCUT2D eigenvalue weighted by Gasteiger charge is -2.52. The molecule has 3 saturated heterocycles. The smallest absolute Gasteiger partial charge is 0.317 e. The van der Waals surface area contributed by atoms with Crippen molar-refractivity contribution in [1.82, 2.24) is 0 Å². The second-order valence-electron chi connectivity index (χ2n) is 10.9. The fourth-order valence-corrected chi connectivity index (χ4v) is 6.63. The van der Waals surface area contributed by atoms with Gasteiger partial charge in [-0.3, -0.25) is 9.59 Å². The third-order valence-electron chi connectivity index (χ3n) is 8.68. The summed E-state index contributed by atoms with van der Waals surface area (Å²) < 4.78 is 34.9. The van der Waals surface area contributed by atoms with Crippen LogP contribution < -0.4 is 22.3 Å². The summed E-state index contributed by atoms with van der Waals surface area (Å²) in [4.78, 5) is 26.7. The Balaban J connectivity index is 0.00000320. The molecule has 3 heterocycles. The zero-order valence-electron chi connectivity index (χ0n) is 21.1. The molecule has 5 nitrogen and oxygen atoms in total. The van der Waals surface area contributed by atoms with Gasteiger partial charge in [0.05, 0.1) is 18.5 Å². The number of piperidine rings is 3. The topological polar surface area (TPSA) is 55.4 Å². The number of hydrogen-bond donors (Lipinski definition) is 1. The monoisotopic (exact) mass is 576 g/mol. The van der Waals surface area contributed by atoms with Gasteiger partial charge >= 0.3 is 5.97 Å². The third-order valence-corrected chi connectivity index (χ3v) is 8.68. The van der Waals surface area contributed by atoms with Gasteiger partial charge in [-0.05, 0) is 30.5 Å². The Labute approximate surface area is 227 Å². The molecule has 1 atom stereocenters. The van der Waals surface area contributed by atoms with Gasteiger partial charge in [0.1, 0.15) is 23.9 Å². The van der Waals surface area contributed by atoms with Crippen molar-refractivity contribution in [3.8, 4) is 0 Å². The van der Waals surface area contributed by atoms with Crippen LogP contribution in [0.3, 0.4) is 0 Å². The van der Waals surface area contributed by atoms with Crippen LogP contribution in [0.25, 0.3) is 0 Å². The summed E-state index contributed by atoms with van der Waals surface area (Å²) in [5.74, 6) is -1.84. The first kappa shape index (κ1) is 27.7. The number of hydrogen-bond acceptors (Lipinski definition) is 3. The second-order valence-corrected chi connectivity index (χ2v) is 10.9. The number of quaternary nitrogens is 1. The standard InChI is InChI=1S/C29H34F2N2O3.BrH/c30-23-11-8-12-24(31)27(23)32-26(34)20-33-17-13-21(14-18-33)25(19-33)36-28(35)29(15-6-1-2-7-16-29)22-9-4-3-5-10-22;/h3-5,8-12,21,25H,1-2,6-7,13-20H2;1H/t21?,25-,33?;/m0./s1. The van der Waals surface area contributed by atoms with E-state index in [0.29, 0.717) is 16.9 Å². The lowest BCUT2D eigenvalue weighted by atomic mass is 9.74. The van der Waals surface area contributed by atoms with E-state index in [4.69, 9.17) is 4.74 Å². The van der Waals surface area contributed by atoms with Gasteiger partial charge in [-0.2, -0.15) is 0 Å². The van der Waals surface area contributed by atoms with Gasteiger partial charge in [-0.1, -0.05) is 62.1 Å². The van der Waals surface area contributed by atoms with E-state index < -0.39 is 28.6 Å². The van der Waals surface area contributed by atoms with Gasteiger partial charge < -0.3 is 31.5 Å². The maximum Gasteiger partial charge on any atom is 0.317 e. The van der Waals surface area contributed by atoms with E-state index in [9.17, 15) is 18.4 Å². The Kier molecular flexibility index (Phi) is 8.69. The van der Waals surface area contributed by atoms with Crippen molar-refractivity contribution in [3.63, 3.8) is 0 Å². The number of ether oxygens (including phenoxy) is 1. The molecular weight excluding hydrogens is 542 g/mol. The molecule has 37 heavy (non-hydrogen) atoms. The van der Waals surface area contributed by atoms with Crippen LogP contribution in [0.5, 0.6) is 0 Å². The molecule has 6 rings (SSSR count). The Bertz CT molecular complexity index is 1080. The number of rotatable bonds is 6. The summed E-state index contributed by atoms with van der Waals surface area (Å²) in [7, 11) is 0. The highest BCUT2D eigenvalue weighted by Crippen LogP contribution is 2.42. The van der Waals surface area contributed by atoms with Crippen molar-refractivity contribution in [2.24, 2.45) is 5.92 Å². The summed E-state index contributed by atoms with van der Waals surface area (Å²) in [6, 6.07) is 13.6. The first-order valence-electron chi connectivity index (χ1n) is 13.3. The van der Waals surface area contributed by atoms with E-state index >= 15 is 0 Å². The molecule has 1 N–H and O–H groups in total. The van der Waals surface area contributed by atoms with Gasteiger partial charge in [0, 0.05) is 18.8 Å². The number of amides is 1. The lowest BCUT2D eigenvalue weighted by Crippen LogP contribution is -3.00. The minimum absolute atomic E-state index is 0. The van der Waals surface area contributed by atoms with Crippen molar-refractivity contribution < 1.29 is 44.6 Å². The van der Waals surface area contributed by atoms with Gasteiger partial charge in [0.25, 0.3) is 5.91 Å². The molecular formula is C29H35BrF2N2O3. The minimum Gasteiger partial charge on any atom is -1.00 e. The molecule has 0 aromatic heterocycles. The Morgan fingerprint density at radius 1 is 0.919 bits per heavy atom. The number of esters is 1. The number of nitrogens with zero attached hydrogens (tertiary/aromatic N) is 1. The molecule has 4 aliphatic rings. The number of halogens is 3. The Hall–Kier alpha value is -2.32. The highest BCUT2D eigenvalue weighted by atomic mass is 79.9. The summed E-state index contributed by atoms with van der Waals surface area (Å²) in [5.41, 5.74) is 0.0102. The number of carbonyl (C=O) groups is 2. The molecule has 2 aromatic carbocycles. The van der Waals surface area contributed by atoms with E-state index in [1.807, 2.05) is 30.3 Å². The van der Waals surface area contributed by atoms with E-state index in [1.165, 1.54) is 6.07 Å². The van der Waals surface area contributed by atoms with Crippen LogP contribution in [0.4, 0.5) is 14.5 Å². The minimum atomic E-state index is -0.790. The van der Waals surface area contributed by atoms with Crippen LogP contribution in [0.15, 0.2) is 48.5 Å². The van der Waals surface area contributed by atoms with Crippen molar-refractivity contribution in [1.29, 1.82) is 0 Å². The highest BCUT2D eigenvalue weighted by Gasteiger charge is 2.51. The number of benzene rings is 2. The molecule has 8 heteroatoms. The SMILES string of the molecule is O=C(C[N+]12CCC(CC1)[C@@H](OC(=O)C1(c3ccccc3)CCCCCC1)C2)Nc1c(F)cccc1F.[Br-]. The average molecular weight is 578 g/mol. The molecule has 200 valence electrons. The molecule has 0 spiro atoms. The molecule has 4 fully saturated rings. The fraction of sp³-hybridized carbons (Fsp3) is 0.517. The summed E-state index contributed by atoms with van der Waals surface area (Å²) in [5, 5.41) is 2.43. The fourth-order valence-electron chi connectivity index (χ4n) is 6.63. The summed E-state index contributed by atoms with van der Waals surface area (Å²) in [6.07, 6.45) is 7.36. The molecule has 0 unspecified atom stereocenters. The maximum absolute atomic E-state index is 14.0. The molecule has 2 aromatic rings. The van der Waals surface area contributed by atoms with Gasteiger partial charge in [0.15, 0.2) is 12.6 Å². The zero-order chi connectivity index (χ0) is 25.2. The summed E-state index contributed by atoms with van der Waals surface area (Å²) >= 11 is 0. The zero-order valence-corrected chi connectivity index (χ0v) is 22.7. The van der Waals surface area contributed by atoms with Crippen LogP contribution in [0.2, 0.25) is 0 Å². The number of fused-ring (bicyclic) bond motifs is 3. The quantitative estimate of drug-likeness (QED) is 0.326. The molecule has 2 bridgehead atoms. The molecule has 1 saturated carbocycles. The molecule has 0 radical (unpaired) electrons. The van der Waals surface area contributed by atoms with Crippen molar-refractivity contribution >= 4 is 17.6 Å². The molecule has 1 amide bonds. The number of para-hydroxylation sites is 1. The van der Waals surface area contributed by atoms with Crippen molar-refractivity contribution in [2.75, 3.05) is 31.5 Å². The number of anilines is 1. The number of carbonyl (C=O) groups excluding carboxylic acids is 2. The van der Waals surface area contributed by atoms with Crippen molar-refractivity contribution in [3.05, 3.63) is 65.7 Å². The van der Waals surface area contributed by atoms with Crippen LogP contribution in [-0.4, -0.2) is 48.6 Å². The summed E-state index contributed by atoms with van der Waals surface area (Å²) in [6.45, 7) is 2.28. The van der Waals surface area contributed by atoms with Gasteiger partial charge in [-0.25, -0.2) is 8.78 Å². The van der Waals surface area contributed by atoms with Gasteiger partial charge in [0.2, 0.25) is 0 Å². The van der Waals surface area contributed by atoms with Crippen LogP contribution in [0.1, 0.15) is 56.9 Å². The Morgan fingerprint density at radius 3 is 2.16 bits per heavy atom. The van der Waals surface area contributed by atoms with Crippen LogP contribution in [-0.2, 0) is 19.7 Å². The molecule has 1 aliphatic carbocycles. The van der Waals surface area contributed by atoms with Gasteiger partial charge in [-0.15, -0.1) is 0 Å². The van der Waals surface area contributed by atoms with Crippen LogP contribution in [0, 0.1) is 17.6 Å². The number of nitrogens with one attached hydrogen (secondary N) is 1. The van der Waals surface area contributed by atoms with Crippen LogP contribution >= 0.6 is 0 Å². The average Bonchev–Trinajstić information content (AvgIpc) is 3.15. The van der Waals surface area contributed by atoms with E-state index in [1.54, 1.807) is 0 Å². The first-order valence-corrected chi connectivity index (χ1v) is 13.3. The van der Waals surface area contributed by atoms with E-state index in [-0.39, 0.29) is 35.6 Å². The second kappa shape index (κ2) is 11.6. The molecule has 3 aliphatic heterocycles. The predicted octanol–water partition coefficient (Wildman–Crippen LogP) is 2.35. The third kappa shape index (κ3) is 5.75. The first-order chi connectivity index (χ1) is 17.4. The Morgan fingerprint density at radius 2 is 1.54 bits per heavy atom. The largest absolute Gasteiger partial charge is 1.00 e. The predicted molar refractivity (Wildman–Crippen MR) is 133 cm³/mol. The normalized spacial score (nSPS) is 26.4. The van der Waals surface area contributed by atoms with E-state index in [0.717, 1.165) is 82.2 Å². The van der Waals surface area contributed by atoms with E-state index in [2.05, 4.69) is 5.32 Å².